The Labute approximate surface area is 144 Å². The van der Waals surface area contributed by atoms with Crippen LogP contribution in [0.1, 0.15) is 42.6 Å². The lowest BCUT2D eigenvalue weighted by atomic mass is 9.98. The first-order valence-electron chi connectivity index (χ1n) is 7.35. The van der Waals surface area contributed by atoms with E-state index in [0.717, 1.165) is 0 Å². The predicted molar refractivity (Wildman–Crippen MR) is 93.5 cm³/mol. The second-order valence-corrected chi connectivity index (χ2v) is 8.07. The topological polar surface area (TPSA) is 87.8 Å². The summed E-state index contributed by atoms with van der Waals surface area (Å²) in [6.07, 6.45) is 1.39. The molecule has 0 saturated carbocycles. The van der Waals surface area contributed by atoms with Gasteiger partial charge in [0, 0.05) is 5.56 Å². The Hall–Kier alpha value is -2.12. The Morgan fingerprint density at radius 3 is 2.67 bits per heavy atom. The van der Waals surface area contributed by atoms with Crippen LogP contribution in [0.3, 0.4) is 0 Å². The summed E-state index contributed by atoms with van der Waals surface area (Å²) in [5.74, 6) is -0.103. The van der Waals surface area contributed by atoms with Gasteiger partial charge in [0.2, 0.25) is 0 Å². The smallest absolute Gasteiger partial charge is 0.338 e. The van der Waals surface area contributed by atoms with Crippen LogP contribution in [0.15, 0.2) is 33.2 Å². The van der Waals surface area contributed by atoms with E-state index in [-0.39, 0.29) is 0 Å². The van der Waals surface area contributed by atoms with E-state index in [0.29, 0.717) is 28.1 Å². The highest BCUT2D eigenvalue weighted by Gasteiger charge is 2.27. The largest absolute Gasteiger partial charge is 0.591 e. The van der Waals surface area contributed by atoms with Gasteiger partial charge in [-0.05, 0) is 33.8 Å². The normalized spacial score (nSPS) is 13.2. The zero-order valence-corrected chi connectivity index (χ0v) is 15.1. The van der Waals surface area contributed by atoms with Gasteiger partial charge in [-0.15, -0.1) is 0 Å². The first kappa shape index (κ1) is 18.2. The number of rotatable bonds is 4. The Bertz CT molecular complexity index is 762. The van der Waals surface area contributed by atoms with Crippen LogP contribution in [-0.2, 0) is 16.1 Å². The van der Waals surface area contributed by atoms with Crippen molar-refractivity contribution >= 4 is 23.5 Å². The number of nitrogens with zero attached hydrogens (tertiary/aromatic N) is 2. The van der Waals surface area contributed by atoms with Gasteiger partial charge < -0.3 is 13.8 Å². The molecule has 7 heteroatoms. The van der Waals surface area contributed by atoms with Crippen molar-refractivity contribution < 1.29 is 18.6 Å². The molecule has 2 rings (SSSR count). The summed E-state index contributed by atoms with van der Waals surface area (Å²) in [5, 5.41) is 3.94. The lowest BCUT2D eigenvalue weighted by Crippen LogP contribution is -2.25. The number of carbonyl (C=O) groups excluding carboxylic acids is 1. The van der Waals surface area contributed by atoms with E-state index in [1.807, 2.05) is 26.8 Å². The van der Waals surface area contributed by atoms with Gasteiger partial charge in [-0.2, -0.15) is 0 Å². The summed E-state index contributed by atoms with van der Waals surface area (Å²) in [6, 6.07) is 7.01. The maximum Gasteiger partial charge on any atom is 0.338 e. The van der Waals surface area contributed by atoms with Crippen LogP contribution < -0.4 is 0 Å². The van der Waals surface area contributed by atoms with Gasteiger partial charge in [0.1, 0.15) is 22.3 Å². The molecule has 0 fully saturated rings. The molecule has 24 heavy (non-hydrogen) atoms. The molecular weight excluding hydrogens is 328 g/mol. The van der Waals surface area contributed by atoms with Crippen molar-refractivity contribution in [1.29, 1.82) is 0 Å². The highest BCUT2D eigenvalue weighted by atomic mass is 32.2. The van der Waals surface area contributed by atoms with Gasteiger partial charge in [-0.1, -0.05) is 27.8 Å². The lowest BCUT2D eigenvalue weighted by molar-refractivity contribution is 0.0601. The predicted octanol–water partition coefficient (Wildman–Crippen LogP) is 3.32. The molecular formula is C17H20N2O4S. The van der Waals surface area contributed by atoms with Crippen molar-refractivity contribution in [3.8, 4) is 11.1 Å². The molecule has 0 aliphatic heterocycles. The van der Waals surface area contributed by atoms with E-state index in [4.69, 9.17) is 9.26 Å². The number of esters is 1. The van der Waals surface area contributed by atoms with E-state index in [1.54, 1.807) is 25.1 Å². The van der Waals surface area contributed by atoms with Crippen molar-refractivity contribution in [2.24, 2.45) is 4.40 Å². The molecule has 0 amide bonds. The Morgan fingerprint density at radius 1 is 1.38 bits per heavy atom. The second-order valence-electron chi connectivity index (χ2n) is 6.14. The number of hydrogen-bond donors (Lipinski definition) is 0. The number of carbonyl (C=O) groups is 1. The molecule has 0 N–H and O–H groups in total. The first-order valence-corrected chi connectivity index (χ1v) is 8.46. The van der Waals surface area contributed by atoms with Gasteiger partial charge >= 0.3 is 5.97 Å². The van der Waals surface area contributed by atoms with Crippen molar-refractivity contribution in [2.45, 2.75) is 32.4 Å². The Balaban J connectivity index is 2.49. The standard InChI is InChI=1S/C17H20N2O4S/c1-11-15(12-8-6-7-9-13(12)16(20)22-5)14(23-19-11)10-18-24(21)17(2,3)4/h6-10H,1-5H3/b18-10+/t24-/m0/s1. The molecule has 1 heterocycles. The zero-order valence-electron chi connectivity index (χ0n) is 14.3. The summed E-state index contributed by atoms with van der Waals surface area (Å²) in [6.45, 7) is 7.27. The second kappa shape index (κ2) is 7.19. The molecule has 2 aromatic rings. The van der Waals surface area contributed by atoms with Crippen LogP contribution in [0.2, 0.25) is 0 Å². The fraction of sp³-hybridized carbons (Fsp3) is 0.353. The van der Waals surface area contributed by atoms with Crippen LogP contribution in [0, 0.1) is 6.92 Å². The first-order chi connectivity index (χ1) is 11.3. The fourth-order valence-corrected chi connectivity index (χ4v) is 2.55. The number of methoxy groups -OCH3 is 1. The van der Waals surface area contributed by atoms with Crippen molar-refractivity contribution in [1.82, 2.24) is 5.16 Å². The molecule has 1 aromatic heterocycles. The maximum absolute atomic E-state index is 12.1. The number of hydrogen-bond acceptors (Lipinski definition) is 6. The quantitative estimate of drug-likeness (QED) is 0.480. The summed E-state index contributed by atoms with van der Waals surface area (Å²) < 4.78 is 25.8. The lowest BCUT2D eigenvalue weighted by Gasteiger charge is -2.17. The van der Waals surface area contributed by atoms with E-state index in [1.165, 1.54) is 13.3 Å². The van der Waals surface area contributed by atoms with Crippen molar-refractivity contribution in [3.05, 3.63) is 41.3 Å². The van der Waals surface area contributed by atoms with Gasteiger partial charge in [0.25, 0.3) is 0 Å². The molecule has 1 aromatic carbocycles. The SMILES string of the molecule is COC(=O)c1ccccc1-c1c(C)noc1/C=N/[S@@+]([O-])C(C)(C)C. The van der Waals surface area contributed by atoms with Gasteiger partial charge in [0.05, 0.1) is 23.9 Å². The monoisotopic (exact) mass is 348 g/mol. The summed E-state index contributed by atoms with van der Waals surface area (Å²) >= 11 is -1.42. The molecule has 0 aliphatic rings. The molecule has 128 valence electrons. The molecule has 1 atom stereocenters. The van der Waals surface area contributed by atoms with E-state index in [2.05, 4.69) is 9.55 Å². The highest BCUT2D eigenvalue weighted by Crippen LogP contribution is 2.30. The van der Waals surface area contributed by atoms with E-state index >= 15 is 0 Å². The highest BCUT2D eigenvalue weighted by molar-refractivity contribution is 7.91. The van der Waals surface area contributed by atoms with Crippen LogP contribution in [0.5, 0.6) is 0 Å². The van der Waals surface area contributed by atoms with E-state index < -0.39 is 22.1 Å². The van der Waals surface area contributed by atoms with Crippen LogP contribution in [-0.4, -0.2) is 33.8 Å². The maximum atomic E-state index is 12.1. The molecule has 0 saturated heterocycles. The van der Waals surface area contributed by atoms with Gasteiger partial charge in [-0.25, -0.2) is 4.79 Å². The zero-order chi connectivity index (χ0) is 17.9. The van der Waals surface area contributed by atoms with Crippen LogP contribution in [0.25, 0.3) is 11.1 Å². The van der Waals surface area contributed by atoms with Gasteiger partial charge in [-0.3, -0.25) is 0 Å². The van der Waals surface area contributed by atoms with Crippen molar-refractivity contribution in [3.63, 3.8) is 0 Å². The minimum Gasteiger partial charge on any atom is -0.591 e. The third-order valence-corrected chi connectivity index (χ3v) is 4.63. The molecule has 0 bridgehead atoms. The third-order valence-electron chi connectivity index (χ3n) is 3.28. The molecule has 0 aliphatic carbocycles. The third kappa shape index (κ3) is 3.85. The summed E-state index contributed by atoms with van der Waals surface area (Å²) in [7, 11) is 1.33. The Kier molecular flexibility index (Phi) is 5.46. The molecule has 0 spiro atoms. The average molecular weight is 348 g/mol. The van der Waals surface area contributed by atoms with E-state index in [9.17, 15) is 9.35 Å². The number of aryl methyl sites for hydroxylation is 1. The number of benzene rings is 1. The van der Waals surface area contributed by atoms with Crippen LogP contribution in [0.4, 0.5) is 0 Å². The minimum absolute atomic E-state index is 0.349. The van der Waals surface area contributed by atoms with Crippen LogP contribution >= 0.6 is 0 Å². The van der Waals surface area contributed by atoms with Gasteiger partial charge in [0.15, 0.2) is 5.76 Å². The molecule has 0 radical (unpaired) electrons. The van der Waals surface area contributed by atoms with Crippen molar-refractivity contribution in [2.75, 3.05) is 7.11 Å². The minimum atomic E-state index is -1.42. The summed E-state index contributed by atoms with van der Waals surface area (Å²) in [5.41, 5.74) is 2.27. The summed E-state index contributed by atoms with van der Waals surface area (Å²) in [4.78, 5) is 12.0. The molecule has 0 unspecified atom stereocenters. The Morgan fingerprint density at radius 2 is 2.04 bits per heavy atom. The number of ether oxygens (including phenoxy) is 1. The molecule has 6 nitrogen and oxygen atoms in total. The average Bonchev–Trinajstić information content (AvgIpc) is 2.91. The number of aromatic nitrogens is 1. The fourth-order valence-electron chi connectivity index (χ4n) is 2.05.